The molecule has 0 saturated carbocycles. The van der Waals surface area contributed by atoms with Crippen molar-refractivity contribution in [1.82, 2.24) is 14.8 Å². The van der Waals surface area contributed by atoms with E-state index in [1.807, 2.05) is 30.5 Å². The molecule has 7 heteroatoms. The number of aromatic nitrogens is 1. The summed E-state index contributed by atoms with van der Waals surface area (Å²) in [6, 6.07) is 16.7. The number of hydrogen-bond acceptors (Lipinski definition) is 5. The number of anilines is 2. The maximum absolute atomic E-state index is 13.6. The number of pyridine rings is 1. The number of halogens is 1. The minimum absolute atomic E-state index is 0.152. The van der Waals surface area contributed by atoms with E-state index in [-0.39, 0.29) is 5.91 Å². The number of likely N-dealkylation sites (tertiary alicyclic amines) is 2. The molecule has 3 aliphatic rings. The fourth-order valence-electron chi connectivity index (χ4n) is 6.15. The number of carbonyl (C=O) groups excluding carboxylic acids is 1. The molecule has 3 aliphatic heterocycles. The standard InChI is InChI=1S/C31H36ClN5O/c1-22-9-10-27(32)17-26(22)20-36-15-11-33-30-29(36)18-25(19-34-30)23-6-4-7-24(16-23)31(38)37-14-5-8-28(37)21-35-12-2-3-13-35/h4,6-7,9-10,16-19,28H,2-3,5,8,11-15,20-21H2,1H3,(H,33,34)/t28-/m0/s1. The van der Waals surface area contributed by atoms with E-state index in [0.29, 0.717) is 6.04 Å². The molecule has 0 radical (unpaired) electrons. The van der Waals surface area contributed by atoms with Gasteiger partial charge in [0.1, 0.15) is 5.82 Å². The molecule has 6 rings (SSSR count). The third kappa shape index (κ3) is 5.25. The van der Waals surface area contributed by atoms with E-state index in [0.717, 1.165) is 78.8 Å². The van der Waals surface area contributed by atoms with E-state index in [9.17, 15) is 4.79 Å². The highest BCUT2D eigenvalue weighted by molar-refractivity contribution is 6.30. The van der Waals surface area contributed by atoms with E-state index in [2.05, 4.69) is 51.2 Å². The summed E-state index contributed by atoms with van der Waals surface area (Å²) < 4.78 is 0. The van der Waals surface area contributed by atoms with Crippen LogP contribution in [0.1, 0.15) is 47.2 Å². The first-order valence-corrected chi connectivity index (χ1v) is 14.3. The molecule has 2 fully saturated rings. The number of benzene rings is 2. The molecule has 2 saturated heterocycles. The lowest BCUT2D eigenvalue weighted by Gasteiger charge is -2.32. The van der Waals surface area contributed by atoms with Crippen molar-refractivity contribution in [1.29, 1.82) is 0 Å². The molecule has 0 spiro atoms. The van der Waals surface area contributed by atoms with E-state index in [1.54, 1.807) is 0 Å². The average Bonchev–Trinajstić information content (AvgIpc) is 3.63. The molecule has 1 atom stereocenters. The number of rotatable bonds is 6. The largest absolute Gasteiger partial charge is 0.367 e. The van der Waals surface area contributed by atoms with Gasteiger partial charge in [0.25, 0.3) is 5.91 Å². The van der Waals surface area contributed by atoms with E-state index in [4.69, 9.17) is 16.6 Å². The third-order valence-electron chi connectivity index (χ3n) is 8.30. The second kappa shape index (κ2) is 11.0. The van der Waals surface area contributed by atoms with Crippen LogP contribution in [0.2, 0.25) is 5.02 Å². The van der Waals surface area contributed by atoms with Crippen molar-refractivity contribution < 1.29 is 4.79 Å². The first-order chi connectivity index (χ1) is 18.5. The smallest absolute Gasteiger partial charge is 0.254 e. The first-order valence-electron chi connectivity index (χ1n) is 13.9. The Kier molecular flexibility index (Phi) is 7.26. The Bertz CT molecular complexity index is 1320. The van der Waals surface area contributed by atoms with Crippen molar-refractivity contribution in [2.45, 2.75) is 45.2 Å². The molecular formula is C31H36ClN5O. The lowest BCUT2D eigenvalue weighted by atomic mass is 10.0. The number of nitrogens with zero attached hydrogens (tertiary/aromatic N) is 4. The Morgan fingerprint density at radius 1 is 1.03 bits per heavy atom. The van der Waals surface area contributed by atoms with Crippen molar-refractivity contribution in [2.75, 3.05) is 49.5 Å². The predicted molar refractivity (Wildman–Crippen MR) is 155 cm³/mol. The zero-order chi connectivity index (χ0) is 26.1. The highest BCUT2D eigenvalue weighted by atomic mass is 35.5. The number of aryl methyl sites for hydroxylation is 1. The van der Waals surface area contributed by atoms with E-state index in [1.165, 1.54) is 37.1 Å². The van der Waals surface area contributed by atoms with Crippen molar-refractivity contribution >= 4 is 29.0 Å². The molecule has 0 unspecified atom stereocenters. The number of nitrogens with one attached hydrogen (secondary N) is 1. The van der Waals surface area contributed by atoms with Crippen molar-refractivity contribution in [3.8, 4) is 11.1 Å². The fourth-order valence-corrected chi connectivity index (χ4v) is 6.35. The van der Waals surface area contributed by atoms with E-state index >= 15 is 0 Å². The van der Waals surface area contributed by atoms with Gasteiger partial charge in [0.05, 0.1) is 5.69 Å². The molecule has 1 N–H and O–H groups in total. The quantitative estimate of drug-likeness (QED) is 0.434. The maximum Gasteiger partial charge on any atom is 0.254 e. The van der Waals surface area contributed by atoms with Gasteiger partial charge in [-0.25, -0.2) is 4.98 Å². The average molecular weight is 530 g/mol. The van der Waals surface area contributed by atoms with Crippen molar-refractivity contribution in [3.05, 3.63) is 76.4 Å². The van der Waals surface area contributed by atoms with Gasteiger partial charge in [-0.05, 0) is 92.7 Å². The molecule has 0 bridgehead atoms. The zero-order valence-electron chi connectivity index (χ0n) is 22.1. The van der Waals surface area contributed by atoms with Gasteiger partial charge in [-0.15, -0.1) is 0 Å². The summed E-state index contributed by atoms with van der Waals surface area (Å²) in [5.41, 5.74) is 6.33. The summed E-state index contributed by atoms with van der Waals surface area (Å²) >= 11 is 6.30. The van der Waals surface area contributed by atoms with Gasteiger partial charge in [-0.2, -0.15) is 0 Å². The lowest BCUT2D eigenvalue weighted by molar-refractivity contribution is 0.0709. The summed E-state index contributed by atoms with van der Waals surface area (Å²) in [6.07, 6.45) is 6.67. The minimum atomic E-state index is 0.152. The van der Waals surface area contributed by atoms with Crippen LogP contribution < -0.4 is 10.2 Å². The Morgan fingerprint density at radius 2 is 1.89 bits per heavy atom. The Morgan fingerprint density at radius 3 is 2.76 bits per heavy atom. The topological polar surface area (TPSA) is 51.7 Å². The first kappa shape index (κ1) is 25.2. The molecule has 6 nitrogen and oxygen atoms in total. The molecule has 3 aromatic rings. The normalized spacial score (nSPS) is 19.5. The van der Waals surface area contributed by atoms with Gasteiger partial charge in [0.15, 0.2) is 0 Å². The molecule has 4 heterocycles. The van der Waals surface area contributed by atoms with Crippen LogP contribution in [0, 0.1) is 6.92 Å². The molecule has 0 aliphatic carbocycles. The van der Waals surface area contributed by atoms with Gasteiger partial charge in [0, 0.05) is 61.1 Å². The summed E-state index contributed by atoms with van der Waals surface area (Å²) in [4.78, 5) is 25.4. The van der Waals surface area contributed by atoms with Gasteiger partial charge >= 0.3 is 0 Å². The SMILES string of the molecule is Cc1ccc(Cl)cc1CN1CCNc2ncc(-c3cccc(C(=O)N4CCC[C@H]4CN4CCCC4)c3)cc21. The number of hydrogen-bond donors (Lipinski definition) is 1. The number of carbonyl (C=O) groups is 1. The molecule has 1 amide bonds. The minimum Gasteiger partial charge on any atom is -0.367 e. The zero-order valence-corrected chi connectivity index (χ0v) is 22.9. The monoisotopic (exact) mass is 529 g/mol. The van der Waals surface area contributed by atoms with Crippen LogP contribution >= 0.6 is 11.6 Å². The van der Waals surface area contributed by atoms with Gasteiger partial charge in [-0.1, -0.05) is 29.8 Å². The lowest BCUT2D eigenvalue weighted by Crippen LogP contribution is -2.42. The van der Waals surface area contributed by atoms with Crippen LogP contribution in [0.5, 0.6) is 0 Å². The van der Waals surface area contributed by atoms with Crippen LogP contribution in [0.15, 0.2) is 54.7 Å². The second-order valence-electron chi connectivity index (χ2n) is 10.9. The van der Waals surface area contributed by atoms with Crippen molar-refractivity contribution in [2.24, 2.45) is 0 Å². The van der Waals surface area contributed by atoms with Crippen LogP contribution in [0.25, 0.3) is 11.1 Å². The van der Waals surface area contributed by atoms with Crippen LogP contribution in [0.3, 0.4) is 0 Å². The predicted octanol–water partition coefficient (Wildman–Crippen LogP) is 5.84. The summed E-state index contributed by atoms with van der Waals surface area (Å²) in [6.45, 7) is 8.83. The molecular weight excluding hydrogens is 494 g/mol. The number of amides is 1. The highest BCUT2D eigenvalue weighted by Crippen LogP contribution is 2.34. The fraction of sp³-hybridized carbons (Fsp3) is 0.419. The van der Waals surface area contributed by atoms with E-state index < -0.39 is 0 Å². The summed E-state index contributed by atoms with van der Waals surface area (Å²) in [5, 5.41) is 4.20. The third-order valence-corrected chi connectivity index (χ3v) is 8.54. The molecule has 1 aromatic heterocycles. The number of fused-ring (bicyclic) bond motifs is 1. The molecule has 2 aromatic carbocycles. The Balaban J connectivity index is 1.24. The summed E-state index contributed by atoms with van der Waals surface area (Å²) in [5.74, 6) is 1.05. The summed E-state index contributed by atoms with van der Waals surface area (Å²) in [7, 11) is 0. The van der Waals surface area contributed by atoms with Gasteiger partial charge in [-0.3, -0.25) is 4.79 Å². The highest BCUT2D eigenvalue weighted by Gasteiger charge is 2.31. The molecule has 198 valence electrons. The van der Waals surface area contributed by atoms with Crippen LogP contribution in [-0.4, -0.2) is 66.0 Å². The van der Waals surface area contributed by atoms with Crippen LogP contribution in [-0.2, 0) is 6.54 Å². The van der Waals surface area contributed by atoms with Gasteiger partial charge in [0.2, 0.25) is 0 Å². The molecule has 38 heavy (non-hydrogen) atoms. The van der Waals surface area contributed by atoms with Crippen molar-refractivity contribution in [3.63, 3.8) is 0 Å². The second-order valence-corrected chi connectivity index (χ2v) is 11.3. The maximum atomic E-state index is 13.6. The Labute approximate surface area is 230 Å². The Hall–Kier alpha value is -3.09. The van der Waals surface area contributed by atoms with Gasteiger partial charge < -0.3 is 20.0 Å². The van der Waals surface area contributed by atoms with Crippen LogP contribution in [0.4, 0.5) is 11.5 Å².